The number of thiophene rings is 1. The molecule has 0 saturated heterocycles. The monoisotopic (exact) mass is 177 g/mol. The van der Waals surface area contributed by atoms with Crippen molar-refractivity contribution in [3.8, 4) is 0 Å². The number of nitrogens with two attached hydrogens (primary N) is 1. The molecule has 0 unspecified atom stereocenters. The smallest absolute Gasteiger partial charge is 0.154 e. The van der Waals surface area contributed by atoms with Crippen molar-refractivity contribution in [3.63, 3.8) is 0 Å². The van der Waals surface area contributed by atoms with Gasteiger partial charge in [0, 0.05) is 0 Å². The molecule has 0 aromatic carbocycles. The molecular formula is C8H7N3S. The van der Waals surface area contributed by atoms with E-state index in [1.54, 1.807) is 17.4 Å². The Balaban J connectivity index is 2.83. The molecule has 12 heavy (non-hydrogen) atoms. The van der Waals surface area contributed by atoms with E-state index in [1.165, 1.54) is 0 Å². The molecule has 3 nitrogen and oxygen atoms in total. The van der Waals surface area contributed by atoms with Gasteiger partial charge >= 0.3 is 0 Å². The third-order valence-electron chi connectivity index (χ3n) is 1.53. The molecule has 4 heteroatoms. The predicted octanol–water partition coefficient (Wildman–Crippen LogP) is 1.92. The van der Waals surface area contributed by atoms with Gasteiger partial charge in [-0.15, -0.1) is 11.3 Å². The summed E-state index contributed by atoms with van der Waals surface area (Å²) in [6.07, 6.45) is 1.59. The molecule has 2 rings (SSSR count). The zero-order valence-electron chi connectivity index (χ0n) is 6.32. The minimum atomic E-state index is 0.532. The van der Waals surface area contributed by atoms with Crippen LogP contribution in [0.15, 0.2) is 18.0 Å². The van der Waals surface area contributed by atoms with Gasteiger partial charge in [-0.25, -0.2) is 9.97 Å². The van der Waals surface area contributed by atoms with E-state index in [1.807, 2.05) is 11.4 Å². The quantitative estimate of drug-likeness (QED) is 0.724. The fourth-order valence-electron chi connectivity index (χ4n) is 0.996. The Bertz CT molecular complexity index is 433. The molecule has 0 aliphatic rings. The van der Waals surface area contributed by atoms with Crippen LogP contribution in [0.5, 0.6) is 0 Å². The molecule has 0 aliphatic heterocycles. The summed E-state index contributed by atoms with van der Waals surface area (Å²) < 4.78 is 0.945. The number of anilines is 1. The third kappa shape index (κ3) is 0.967. The molecular weight excluding hydrogens is 170 g/mol. The minimum absolute atomic E-state index is 0.532. The number of hydrogen-bond acceptors (Lipinski definition) is 4. The zero-order valence-corrected chi connectivity index (χ0v) is 7.14. The first kappa shape index (κ1) is 7.24. The van der Waals surface area contributed by atoms with Crippen LogP contribution in [-0.2, 0) is 0 Å². The number of hydrogen-bond donors (Lipinski definition) is 1. The van der Waals surface area contributed by atoms with Gasteiger partial charge in [0.25, 0.3) is 0 Å². The first-order valence-corrected chi connectivity index (χ1v) is 4.32. The highest BCUT2D eigenvalue weighted by atomic mass is 32.1. The molecule has 0 spiro atoms. The van der Waals surface area contributed by atoms with E-state index < -0.39 is 0 Å². The molecule has 0 radical (unpaired) electrons. The fraction of sp³-hybridized carbons (Fsp3) is 0. The standard InChI is InChI=1S/C8H7N3S/c1-2-6-10-5-3-4-12-7(5)8(9)11-6/h2-4H,1H2,(H2,9,10,11). The van der Waals surface area contributed by atoms with Crippen LogP contribution in [0.4, 0.5) is 5.82 Å². The van der Waals surface area contributed by atoms with Crippen LogP contribution in [0.1, 0.15) is 5.82 Å². The van der Waals surface area contributed by atoms with E-state index in [-0.39, 0.29) is 0 Å². The van der Waals surface area contributed by atoms with Gasteiger partial charge in [-0.1, -0.05) is 6.58 Å². The lowest BCUT2D eigenvalue weighted by molar-refractivity contribution is 1.20. The number of nitrogen functional groups attached to an aromatic ring is 1. The van der Waals surface area contributed by atoms with Crippen molar-refractivity contribution >= 4 is 33.4 Å². The Morgan fingerprint density at radius 3 is 3.08 bits per heavy atom. The molecule has 0 bridgehead atoms. The summed E-state index contributed by atoms with van der Waals surface area (Å²) in [5.74, 6) is 1.11. The van der Waals surface area contributed by atoms with Crippen molar-refractivity contribution in [2.24, 2.45) is 0 Å². The van der Waals surface area contributed by atoms with Crippen molar-refractivity contribution in [2.75, 3.05) is 5.73 Å². The third-order valence-corrected chi connectivity index (χ3v) is 2.46. The molecule has 2 aromatic rings. The second kappa shape index (κ2) is 2.57. The molecule has 2 N–H and O–H groups in total. The van der Waals surface area contributed by atoms with Crippen LogP contribution in [0.25, 0.3) is 16.3 Å². The van der Waals surface area contributed by atoms with Gasteiger partial charge in [0.05, 0.1) is 10.2 Å². The van der Waals surface area contributed by atoms with Crippen LogP contribution in [0.3, 0.4) is 0 Å². The van der Waals surface area contributed by atoms with Gasteiger partial charge in [0.15, 0.2) is 5.82 Å². The SMILES string of the molecule is C=Cc1nc(N)c2sccc2n1. The van der Waals surface area contributed by atoms with Gasteiger partial charge in [-0.2, -0.15) is 0 Å². The lowest BCUT2D eigenvalue weighted by Gasteiger charge is -1.96. The van der Waals surface area contributed by atoms with Gasteiger partial charge in [-0.05, 0) is 17.5 Å². The summed E-state index contributed by atoms with van der Waals surface area (Å²) in [7, 11) is 0. The Morgan fingerprint density at radius 2 is 2.33 bits per heavy atom. The highest BCUT2D eigenvalue weighted by molar-refractivity contribution is 7.17. The van der Waals surface area contributed by atoms with Crippen LogP contribution in [-0.4, -0.2) is 9.97 Å². The summed E-state index contributed by atoms with van der Waals surface area (Å²) in [6, 6.07) is 1.92. The van der Waals surface area contributed by atoms with Gasteiger partial charge < -0.3 is 5.73 Å². The molecule has 2 heterocycles. The molecule has 0 amide bonds. The normalized spacial score (nSPS) is 10.3. The second-order valence-electron chi connectivity index (χ2n) is 2.31. The molecule has 2 aromatic heterocycles. The topological polar surface area (TPSA) is 51.8 Å². The Labute approximate surface area is 73.6 Å². The van der Waals surface area contributed by atoms with E-state index in [2.05, 4.69) is 16.5 Å². The number of nitrogens with zero attached hydrogens (tertiary/aromatic N) is 2. The summed E-state index contributed by atoms with van der Waals surface area (Å²) in [4.78, 5) is 8.27. The van der Waals surface area contributed by atoms with Gasteiger partial charge in [-0.3, -0.25) is 0 Å². The van der Waals surface area contributed by atoms with Crippen molar-refractivity contribution in [1.82, 2.24) is 9.97 Å². The molecule has 0 fully saturated rings. The van der Waals surface area contributed by atoms with Crippen molar-refractivity contribution in [1.29, 1.82) is 0 Å². The van der Waals surface area contributed by atoms with Crippen LogP contribution in [0.2, 0.25) is 0 Å². The van der Waals surface area contributed by atoms with Gasteiger partial charge in [0.2, 0.25) is 0 Å². The minimum Gasteiger partial charge on any atom is -0.382 e. The van der Waals surface area contributed by atoms with E-state index >= 15 is 0 Å². The first-order chi connectivity index (χ1) is 5.81. The van der Waals surface area contributed by atoms with Crippen molar-refractivity contribution in [3.05, 3.63) is 23.8 Å². The Morgan fingerprint density at radius 1 is 1.50 bits per heavy atom. The zero-order chi connectivity index (χ0) is 8.55. The maximum atomic E-state index is 5.69. The average Bonchev–Trinajstić information content (AvgIpc) is 2.52. The van der Waals surface area contributed by atoms with E-state index in [9.17, 15) is 0 Å². The van der Waals surface area contributed by atoms with Gasteiger partial charge in [0.1, 0.15) is 5.82 Å². The highest BCUT2D eigenvalue weighted by Crippen LogP contribution is 2.23. The van der Waals surface area contributed by atoms with Crippen LogP contribution >= 0.6 is 11.3 Å². The van der Waals surface area contributed by atoms with Crippen molar-refractivity contribution < 1.29 is 0 Å². The molecule has 0 aliphatic carbocycles. The average molecular weight is 177 g/mol. The van der Waals surface area contributed by atoms with Crippen molar-refractivity contribution in [2.45, 2.75) is 0 Å². The lowest BCUT2D eigenvalue weighted by Crippen LogP contribution is -1.94. The lowest BCUT2D eigenvalue weighted by atomic mass is 10.4. The number of fused-ring (bicyclic) bond motifs is 1. The highest BCUT2D eigenvalue weighted by Gasteiger charge is 2.02. The summed E-state index contributed by atoms with van der Waals surface area (Å²) in [5.41, 5.74) is 6.58. The maximum absolute atomic E-state index is 5.69. The summed E-state index contributed by atoms with van der Waals surface area (Å²) >= 11 is 1.55. The van der Waals surface area contributed by atoms with Crippen LogP contribution in [0, 0.1) is 0 Å². The molecule has 0 saturated carbocycles. The Hall–Kier alpha value is -1.42. The molecule has 60 valence electrons. The Kier molecular flexibility index (Phi) is 1.55. The summed E-state index contributed by atoms with van der Waals surface area (Å²) in [6.45, 7) is 3.59. The molecule has 0 atom stereocenters. The van der Waals surface area contributed by atoms with E-state index in [0.29, 0.717) is 11.6 Å². The maximum Gasteiger partial charge on any atom is 0.154 e. The first-order valence-electron chi connectivity index (χ1n) is 3.44. The largest absolute Gasteiger partial charge is 0.382 e. The van der Waals surface area contributed by atoms with E-state index in [0.717, 1.165) is 10.2 Å². The van der Waals surface area contributed by atoms with Crippen LogP contribution < -0.4 is 5.73 Å². The number of rotatable bonds is 1. The summed E-state index contributed by atoms with van der Waals surface area (Å²) in [5, 5.41) is 1.95. The second-order valence-corrected chi connectivity index (χ2v) is 3.22. The van der Waals surface area contributed by atoms with E-state index in [4.69, 9.17) is 5.73 Å². The predicted molar refractivity (Wildman–Crippen MR) is 51.9 cm³/mol. The fourth-order valence-corrected chi connectivity index (χ4v) is 1.73. The number of aromatic nitrogens is 2.